The summed E-state index contributed by atoms with van der Waals surface area (Å²) in [7, 11) is 0. The molecule has 1 aromatic heterocycles. The molecule has 1 atom stereocenters. The fourth-order valence-corrected chi connectivity index (χ4v) is 4.00. The summed E-state index contributed by atoms with van der Waals surface area (Å²) in [4.78, 5) is 0.981. The Morgan fingerprint density at radius 3 is 2.47 bits per heavy atom. The summed E-state index contributed by atoms with van der Waals surface area (Å²) in [5, 5.41) is 0.419. The Kier molecular flexibility index (Phi) is 4.43. The monoisotopic (exact) mass is 368 g/mol. The van der Waals surface area contributed by atoms with Gasteiger partial charge >= 0.3 is 0 Å². The van der Waals surface area contributed by atoms with Crippen LogP contribution < -0.4 is 0 Å². The van der Waals surface area contributed by atoms with Crippen molar-refractivity contribution in [2.75, 3.05) is 0 Å². The lowest BCUT2D eigenvalue weighted by Crippen LogP contribution is -1.91. The van der Waals surface area contributed by atoms with Crippen LogP contribution in [0.5, 0.6) is 0 Å². The van der Waals surface area contributed by atoms with Crippen LogP contribution in [0.15, 0.2) is 28.7 Å². The molecule has 90 valence electrons. The first-order valence-corrected chi connectivity index (χ1v) is 7.64. The van der Waals surface area contributed by atoms with E-state index >= 15 is 0 Å². The molecule has 0 N–H and O–H groups in total. The lowest BCUT2D eigenvalue weighted by atomic mass is 10.1. The lowest BCUT2D eigenvalue weighted by molar-refractivity contribution is 1.18. The average molecular weight is 371 g/mol. The third-order valence-electron chi connectivity index (χ3n) is 2.34. The molecule has 5 heteroatoms. The number of halogens is 4. The van der Waals surface area contributed by atoms with Gasteiger partial charge in [0.1, 0.15) is 4.34 Å². The van der Waals surface area contributed by atoms with Crippen molar-refractivity contribution in [3.05, 3.63) is 54.1 Å². The van der Waals surface area contributed by atoms with E-state index in [-0.39, 0.29) is 5.38 Å². The van der Waals surface area contributed by atoms with Crippen molar-refractivity contribution in [3.63, 3.8) is 0 Å². The summed E-state index contributed by atoms with van der Waals surface area (Å²) >= 11 is 23.5. The highest BCUT2D eigenvalue weighted by molar-refractivity contribution is 9.10. The number of aryl methyl sites for hydroxylation is 1. The predicted molar refractivity (Wildman–Crippen MR) is 80.9 cm³/mol. The van der Waals surface area contributed by atoms with Gasteiger partial charge < -0.3 is 0 Å². The van der Waals surface area contributed by atoms with Crippen molar-refractivity contribution < 1.29 is 0 Å². The highest BCUT2D eigenvalue weighted by atomic mass is 79.9. The van der Waals surface area contributed by atoms with Crippen molar-refractivity contribution in [1.82, 2.24) is 0 Å². The summed E-state index contributed by atoms with van der Waals surface area (Å²) in [5.74, 6) is 0. The molecule has 17 heavy (non-hydrogen) atoms. The first-order valence-electron chi connectivity index (χ1n) is 4.84. The molecule has 0 fully saturated rings. The van der Waals surface area contributed by atoms with E-state index in [1.807, 2.05) is 31.2 Å². The van der Waals surface area contributed by atoms with Gasteiger partial charge in [-0.25, -0.2) is 0 Å². The molecule has 2 rings (SSSR count). The van der Waals surface area contributed by atoms with E-state index in [0.717, 1.165) is 20.5 Å². The molecule has 0 bridgehead atoms. The molecule has 1 aromatic carbocycles. The minimum atomic E-state index is -0.267. The Morgan fingerprint density at radius 1 is 1.24 bits per heavy atom. The zero-order chi connectivity index (χ0) is 12.6. The molecule has 0 nitrogen and oxygen atoms in total. The van der Waals surface area contributed by atoms with E-state index in [2.05, 4.69) is 15.9 Å². The summed E-state index contributed by atoms with van der Waals surface area (Å²) in [5.41, 5.74) is 2.03. The Balaban J connectivity index is 2.39. The minimum absolute atomic E-state index is 0.267. The predicted octanol–water partition coefficient (Wildman–Crippen LogP) is 6.45. The third kappa shape index (κ3) is 2.99. The van der Waals surface area contributed by atoms with Crippen LogP contribution in [0.3, 0.4) is 0 Å². The van der Waals surface area contributed by atoms with E-state index in [1.54, 1.807) is 0 Å². The normalized spacial score (nSPS) is 12.8. The Bertz CT molecular complexity index is 531. The zero-order valence-corrected chi connectivity index (χ0v) is 13.5. The van der Waals surface area contributed by atoms with E-state index in [1.165, 1.54) is 11.3 Å². The van der Waals surface area contributed by atoms with Crippen molar-refractivity contribution in [1.29, 1.82) is 0 Å². The van der Waals surface area contributed by atoms with Crippen LogP contribution in [0.4, 0.5) is 0 Å². The van der Waals surface area contributed by atoms with Gasteiger partial charge in [0.2, 0.25) is 0 Å². The maximum atomic E-state index is 6.42. The molecule has 0 amide bonds. The molecule has 1 heterocycles. The Morgan fingerprint density at radius 2 is 1.94 bits per heavy atom. The van der Waals surface area contributed by atoms with Crippen LogP contribution in [-0.2, 0) is 0 Å². The Labute approximate surface area is 128 Å². The molecule has 2 aromatic rings. The van der Waals surface area contributed by atoms with Crippen molar-refractivity contribution in [3.8, 4) is 0 Å². The van der Waals surface area contributed by atoms with Crippen LogP contribution in [0.1, 0.15) is 21.4 Å². The number of hydrogen-bond donors (Lipinski definition) is 0. The lowest BCUT2D eigenvalue weighted by Gasteiger charge is -2.10. The van der Waals surface area contributed by atoms with Crippen molar-refractivity contribution >= 4 is 62.1 Å². The third-order valence-corrected chi connectivity index (χ3v) is 5.81. The maximum Gasteiger partial charge on any atom is 0.107 e. The van der Waals surface area contributed by atoms with Crippen molar-refractivity contribution in [2.45, 2.75) is 12.3 Å². The van der Waals surface area contributed by atoms with Crippen LogP contribution in [0.25, 0.3) is 0 Å². The van der Waals surface area contributed by atoms with Gasteiger partial charge in [0.25, 0.3) is 0 Å². The first-order chi connectivity index (χ1) is 7.99. The highest BCUT2D eigenvalue weighted by Gasteiger charge is 2.17. The van der Waals surface area contributed by atoms with Gasteiger partial charge in [-0.3, -0.25) is 0 Å². The number of hydrogen-bond acceptors (Lipinski definition) is 1. The van der Waals surface area contributed by atoms with E-state index in [9.17, 15) is 0 Å². The standard InChI is InChI=1S/C12H8BrCl3S/c1-6-2-3-7(9(14)4-6)11(15)10-5-8(13)12(16)17-10/h2-5,11H,1H3. The molecular weight excluding hydrogens is 362 g/mol. The fourth-order valence-electron chi connectivity index (χ4n) is 1.48. The molecule has 0 saturated heterocycles. The van der Waals surface area contributed by atoms with Gasteiger partial charge in [-0.05, 0) is 46.1 Å². The van der Waals surface area contributed by atoms with Gasteiger partial charge in [-0.15, -0.1) is 22.9 Å². The van der Waals surface area contributed by atoms with Gasteiger partial charge in [-0.2, -0.15) is 0 Å². The molecule has 0 saturated carbocycles. The van der Waals surface area contributed by atoms with E-state index < -0.39 is 0 Å². The summed E-state index contributed by atoms with van der Waals surface area (Å²) in [6.07, 6.45) is 0. The van der Waals surface area contributed by atoms with Gasteiger partial charge in [0, 0.05) is 14.4 Å². The number of rotatable bonds is 2. The fraction of sp³-hybridized carbons (Fsp3) is 0.167. The SMILES string of the molecule is Cc1ccc(C(Cl)c2cc(Br)c(Cl)s2)c(Cl)c1. The topological polar surface area (TPSA) is 0 Å². The molecule has 0 aliphatic carbocycles. The summed E-state index contributed by atoms with van der Waals surface area (Å²) in [6.45, 7) is 2.00. The molecule has 0 spiro atoms. The van der Waals surface area contributed by atoms with Gasteiger partial charge in [0.15, 0.2) is 0 Å². The van der Waals surface area contributed by atoms with Gasteiger partial charge in [0.05, 0.1) is 5.38 Å². The second kappa shape index (κ2) is 5.50. The number of benzene rings is 1. The Hall–Kier alpha value is 0.270. The molecule has 1 unspecified atom stereocenters. The van der Waals surface area contributed by atoms with E-state index in [4.69, 9.17) is 34.8 Å². The van der Waals surface area contributed by atoms with Crippen LogP contribution in [0.2, 0.25) is 9.36 Å². The van der Waals surface area contributed by atoms with Crippen LogP contribution in [0, 0.1) is 6.92 Å². The summed E-state index contributed by atoms with van der Waals surface area (Å²) in [6, 6.07) is 7.80. The van der Waals surface area contributed by atoms with E-state index in [0.29, 0.717) is 9.36 Å². The highest BCUT2D eigenvalue weighted by Crippen LogP contribution is 2.42. The quantitative estimate of drug-likeness (QED) is 0.533. The number of alkyl halides is 1. The van der Waals surface area contributed by atoms with Crippen LogP contribution >= 0.6 is 62.1 Å². The smallest absolute Gasteiger partial charge is 0.107 e. The van der Waals surface area contributed by atoms with Gasteiger partial charge in [-0.1, -0.05) is 35.3 Å². The first kappa shape index (κ1) is 13.7. The molecular formula is C12H8BrCl3S. The number of thiophene rings is 1. The second-order valence-electron chi connectivity index (χ2n) is 3.66. The maximum absolute atomic E-state index is 6.42. The molecule has 0 aliphatic rings. The zero-order valence-electron chi connectivity index (χ0n) is 8.81. The summed E-state index contributed by atoms with van der Waals surface area (Å²) < 4.78 is 1.57. The molecule has 0 aliphatic heterocycles. The second-order valence-corrected chi connectivity index (χ2v) is 7.04. The average Bonchev–Trinajstić information content (AvgIpc) is 2.58. The van der Waals surface area contributed by atoms with Crippen LogP contribution in [-0.4, -0.2) is 0 Å². The molecule has 0 radical (unpaired) electrons. The largest absolute Gasteiger partial charge is 0.125 e. The minimum Gasteiger partial charge on any atom is -0.125 e. The van der Waals surface area contributed by atoms with Crippen molar-refractivity contribution in [2.24, 2.45) is 0 Å².